The van der Waals surface area contributed by atoms with Crippen LogP contribution in [-0.4, -0.2) is 45.6 Å². The van der Waals surface area contributed by atoms with Crippen LogP contribution < -0.4 is 16.0 Å². The van der Waals surface area contributed by atoms with Crippen molar-refractivity contribution in [2.24, 2.45) is 0 Å². The van der Waals surface area contributed by atoms with E-state index >= 15 is 0 Å². The molecule has 3 heterocycles. The molecule has 0 saturated carbocycles. The highest BCUT2D eigenvalue weighted by atomic mass is 31.2. The summed E-state index contributed by atoms with van der Waals surface area (Å²) in [6.07, 6.45) is -5.10. The molecule has 9 nitrogen and oxygen atoms in total. The van der Waals surface area contributed by atoms with Gasteiger partial charge in [-0.3, -0.25) is 18.7 Å². The minimum absolute atomic E-state index is 0.0799. The number of alkyl halides is 3. The largest absolute Gasteiger partial charge is 0.418 e. The molecule has 0 amide bonds. The Bertz CT molecular complexity index is 1150. The van der Waals surface area contributed by atoms with E-state index in [1.165, 1.54) is 4.90 Å². The summed E-state index contributed by atoms with van der Waals surface area (Å²) in [6, 6.07) is 0.725. The summed E-state index contributed by atoms with van der Waals surface area (Å²) in [5.74, 6) is -1.61. The SMILES string of the molecule is O=c1[nH]c2cc(C(F)(F)F)c(N3CCOCC3)c3c2n(c1=O)C(P(=O)(O)O)CC3. The molecule has 0 bridgehead atoms. The minimum Gasteiger partial charge on any atom is -0.378 e. The van der Waals surface area contributed by atoms with Crippen LogP contribution in [0.4, 0.5) is 18.9 Å². The van der Waals surface area contributed by atoms with Gasteiger partial charge >= 0.3 is 24.9 Å². The van der Waals surface area contributed by atoms with Crippen LogP contribution in [0.2, 0.25) is 0 Å². The number of halogens is 3. The third-order valence-electron chi connectivity index (χ3n) is 5.24. The van der Waals surface area contributed by atoms with Crippen molar-refractivity contribution in [2.75, 3.05) is 31.2 Å². The number of rotatable bonds is 2. The monoisotopic (exact) mass is 435 g/mol. The van der Waals surface area contributed by atoms with E-state index in [0.29, 0.717) is 4.57 Å². The van der Waals surface area contributed by atoms with Crippen molar-refractivity contribution in [3.63, 3.8) is 0 Å². The Kier molecular flexibility index (Phi) is 4.65. The van der Waals surface area contributed by atoms with Gasteiger partial charge in [-0.15, -0.1) is 0 Å². The number of ether oxygens (including phenoxy) is 1. The van der Waals surface area contributed by atoms with E-state index in [1.807, 2.05) is 0 Å². The molecule has 1 unspecified atom stereocenters. The molecule has 1 aromatic carbocycles. The number of nitrogens with zero attached hydrogens (tertiary/aromatic N) is 2. The number of hydrogen-bond donors (Lipinski definition) is 3. The van der Waals surface area contributed by atoms with Gasteiger partial charge in [0, 0.05) is 18.7 Å². The molecule has 2 aliphatic rings. The zero-order valence-electron chi connectivity index (χ0n) is 14.9. The number of benzene rings is 1. The number of hydrogen-bond acceptors (Lipinski definition) is 5. The van der Waals surface area contributed by atoms with Gasteiger partial charge in [0.2, 0.25) is 0 Å². The molecule has 3 N–H and O–H groups in total. The Morgan fingerprint density at radius 1 is 1.21 bits per heavy atom. The van der Waals surface area contributed by atoms with Gasteiger partial charge in [0.25, 0.3) is 0 Å². The van der Waals surface area contributed by atoms with Gasteiger partial charge in [-0.2, -0.15) is 13.2 Å². The normalized spacial score (nSPS) is 20.3. The van der Waals surface area contributed by atoms with Gasteiger partial charge in [0.05, 0.1) is 35.5 Å². The van der Waals surface area contributed by atoms with Crippen LogP contribution in [-0.2, 0) is 21.9 Å². The van der Waals surface area contributed by atoms with Gasteiger partial charge in [-0.05, 0) is 18.9 Å². The number of morpholine rings is 1. The van der Waals surface area contributed by atoms with Crippen molar-refractivity contribution in [1.82, 2.24) is 9.55 Å². The Morgan fingerprint density at radius 2 is 1.86 bits per heavy atom. The molecule has 1 aromatic heterocycles. The second-order valence-electron chi connectivity index (χ2n) is 6.98. The van der Waals surface area contributed by atoms with Gasteiger partial charge < -0.3 is 24.4 Å². The second kappa shape index (κ2) is 6.69. The van der Waals surface area contributed by atoms with E-state index in [4.69, 9.17) is 4.74 Å². The van der Waals surface area contributed by atoms with Gasteiger partial charge in [-0.25, -0.2) is 0 Å². The zero-order chi connectivity index (χ0) is 21.1. The van der Waals surface area contributed by atoms with Gasteiger partial charge in [-0.1, -0.05) is 0 Å². The van der Waals surface area contributed by atoms with Gasteiger partial charge in [0.15, 0.2) is 0 Å². The number of aromatic nitrogens is 2. The van der Waals surface area contributed by atoms with Crippen LogP contribution in [0, 0.1) is 0 Å². The van der Waals surface area contributed by atoms with E-state index in [2.05, 4.69) is 4.98 Å². The molecule has 2 aliphatic heterocycles. The first kappa shape index (κ1) is 20.1. The van der Waals surface area contributed by atoms with Crippen LogP contribution in [0.15, 0.2) is 15.7 Å². The van der Waals surface area contributed by atoms with Gasteiger partial charge in [0.1, 0.15) is 5.78 Å². The maximum absolute atomic E-state index is 13.9. The number of nitrogens with one attached hydrogen (secondary N) is 1. The predicted molar refractivity (Wildman–Crippen MR) is 96.3 cm³/mol. The molecule has 1 fully saturated rings. The fourth-order valence-electron chi connectivity index (χ4n) is 4.08. The van der Waals surface area contributed by atoms with Crippen molar-refractivity contribution in [3.8, 4) is 0 Å². The van der Waals surface area contributed by atoms with Crippen molar-refractivity contribution >= 4 is 24.3 Å². The standard InChI is InChI=1S/C16H17F3N3O6P/c17-16(18,19)9-7-10-13-8(12(9)21-3-5-28-6-4-21)1-2-11(29(25,26)27)22(13)15(24)14(23)20-10/h7,11H,1-6H2,(H,20,23)(H2,25,26,27). The summed E-state index contributed by atoms with van der Waals surface area (Å²) in [7, 11) is -4.84. The second-order valence-corrected chi connectivity index (χ2v) is 8.76. The first-order chi connectivity index (χ1) is 13.5. The average Bonchev–Trinajstić information content (AvgIpc) is 2.64. The molecule has 4 rings (SSSR count). The van der Waals surface area contributed by atoms with E-state index in [-0.39, 0.29) is 61.4 Å². The molecule has 13 heteroatoms. The van der Waals surface area contributed by atoms with Crippen molar-refractivity contribution < 1.29 is 32.3 Å². The lowest BCUT2D eigenvalue weighted by Crippen LogP contribution is -2.42. The summed E-state index contributed by atoms with van der Waals surface area (Å²) in [5, 5.41) is 0. The Hall–Kier alpha value is -2.14. The smallest absolute Gasteiger partial charge is 0.378 e. The Morgan fingerprint density at radius 3 is 2.45 bits per heavy atom. The fourth-order valence-corrected chi connectivity index (χ4v) is 5.07. The Labute approximate surface area is 160 Å². The van der Waals surface area contributed by atoms with E-state index in [9.17, 15) is 37.1 Å². The Balaban J connectivity index is 2.14. The van der Waals surface area contributed by atoms with E-state index < -0.39 is 36.2 Å². The lowest BCUT2D eigenvalue weighted by atomic mass is 9.95. The van der Waals surface area contributed by atoms with Crippen LogP contribution in [0.1, 0.15) is 23.3 Å². The molecule has 158 valence electrons. The highest BCUT2D eigenvalue weighted by Gasteiger charge is 2.42. The third kappa shape index (κ3) is 3.29. The predicted octanol–water partition coefficient (Wildman–Crippen LogP) is 1.17. The average molecular weight is 435 g/mol. The number of H-pyrrole nitrogens is 1. The third-order valence-corrected chi connectivity index (χ3v) is 6.51. The summed E-state index contributed by atoms with van der Waals surface area (Å²) >= 11 is 0. The summed E-state index contributed by atoms with van der Waals surface area (Å²) < 4.78 is 59.4. The van der Waals surface area contributed by atoms with Crippen LogP contribution in [0.25, 0.3) is 11.0 Å². The number of aromatic amines is 1. The molecule has 1 saturated heterocycles. The molecular formula is C16H17F3N3O6P. The lowest BCUT2D eigenvalue weighted by Gasteiger charge is -2.36. The minimum atomic E-state index is -4.84. The van der Waals surface area contributed by atoms with Crippen LogP contribution in [0.3, 0.4) is 0 Å². The first-order valence-corrected chi connectivity index (χ1v) is 10.5. The number of anilines is 1. The lowest BCUT2D eigenvalue weighted by molar-refractivity contribution is -0.137. The molecular weight excluding hydrogens is 418 g/mol. The number of aryl methyl sites for hydroxylation is 1. The van der Waals surface area contributed by atoms with Crippen molar-refractivity contribution in [3.05, 3.63) is 37.9 Å². The molecule has 0 aliphatic carbocycles. The summed E-state index contributed by atoms with van der Waals surface area (Å²) in [4.78, 5) is 47.4. The molecule has 0 radical (unpaired) electrons. The quantitative estimate of drug-likeness (QED) is 0.478. The van der Waals surface area contributed by atoms with E-state index in [0.717, 1.165) is 6.07 Å². The van der Waals surface area contributed by atoms with Crippen LogP contribution in [0.5, 0.6) is 0 Å². The molecule has 29 heavy (non-hydrogen) atoms. The maximum Gasteiger partial charge on any atom is 0.418 e. The zero-order valence-corrected chi connectivity index (χ0v) is 15.8. The fraction of sp³-hybridized carbons (Fsp3) is 0.500. The maximum atomic E-state index is 13.9. The summed E-state index contributed by atoms with van der Waals surface area (Å²) in [5.41, 5.74) is -3.80. The van der Waals surface area contributed by atoms with Crippen molar-refractivity contribution in [2.45, 2.75) is 24.8 Å². The summed E-state index contributed by atoms with van der Waals surface area (Å²) in [6.45, 7) is 0.824. The topological polar surface area (TPSA) is 125 Å². The first-order valence-electron chi connectivity index (χ1n) is 8.79. The molecule has 0 spiro atoms. The van der Waals surface area contributed by atoms with E-state index in [1.54, 1.807) is 0 Å². The highest BCUT2D eigenvalue weighted by Crippen LogP contribution is 2.54. The van der Waals surface area contributed by atoms with Crippen LogP contribution >= 0.6 is 7.60 Å². The molecule has 1 atom stereocenters. The van der Waals surface area contributed by atoms with Crippen molar-refractivity contribution in [1.29, 1.82) is 0 Å². The highest BCUT2D eigenvalue weighted by molar-refractivity contribution is 7.51. The molecule has 2 aromatic rings.